The highest BCUT2D eigenvalue weighted by Gasteiger charge is 2.51. The van der Waals surface area contributed by atoms with E-state index < -0.39 is 5.66 Å². The number of amides is 1. The van der Waals surface area contributed by atoms with E-state index in [4.69, 9.17) is 0 Å². The van der Waals surface area contributed by atoms with E-state index in [1.54, 1.807) is 12.1 Å². The molecule has 2 aromatic rings. The molecule has 1 saturated heterocycles. The molecule has 0 aliphatic carbocycles. The topological polar surface area (TPSA) is 52.6 Å². The van der Waals surface area contributed by atoms with Crippen molar-refractivity contribution in [2.75, 3.05) is 13.1 Å². The number of benzene rings is 2. The summed E-state index contributed by atoms with van der Waals surface area (Å²) < 4.78 is 0. The lowest BCUT2D eigenvalue weighted by Crippen LogP contribution is -2.59. The van der Waals surface area contributed by atoms with E-state index in [2.05, 4.69) is 5.32 Å². The second kappa shape index (κ2) is 4.33. The first-order chi connectivity index (χ1) is 10.2. The van der Waals surface area contributed by atoms with Gasteiger partial charge in [-0.1, -0.05) is 30.3 Å². The molecule has 4 rings (SSSR count). The first-order valence-electron chi connectivity index (χ1n) is 7.19. The molecule has 1 fully saturated rings. The molecule has 2 aliphatic heterocycles. The second-order valence-corrected chi connectivity index (χ2v) is 5.54. The standard InChI is InChI=1S/C17H16N2O2/c20-13-8-6-12(7-9-13)17-15-5-2-1-4-14(15)16(21)19(17)11-3-10-18-17/h1-2,4-9,18,20H,3,10-11H2/t17-/m0/s1. The molecule has 0 radical (unpaired) electrons. The third-order valence-corrected chi connectivity index (χ3v) is 4.42. The van der Waals surface area contributed by atoms with Crippen molar-refractivity contribution in [2.24, 2.45) is 0 Å². The van der Waals surface area contributed by atoms with Crippen LogP contribution in [0.2, 0.25) is 0 Å². The fraction of sp³-hybridized carbons (Fsp3) is 0.235. The van der Waals surface area contributed by atoms with Crippen molar-refractivity contribution in [3.8, 4) is 5.75 Å². The van der Waals surface area contributed by atoms with Gasteiger partial charge in [0.05, 0.1) is 0 Å². The Labute approximate surface area is 123 Å². The van der Waals surface area contributed by atoms with Gasteiger partial charge in [-0.05, 0) is 36.7 Å². The number of fused-ring (bicyclic) bond motifs is 3. The lowest BCUT2D eigenvalue weighted by molar-refractivity contribution is 0.0457. The zero-order valence-corrected chi connectivity index (χ0v) is 11.5. The number of aromatic hydroxyl groups is 1. The number of nitrogens with zero attached hydrogens (tertiary/aromatic N) is 1. The Balaban J connectivity index is 1.98. The molecule has 0 bridgehead atoms. The van der Waals surface area contributed by atoms with Crippen LogP contribution in [0.1, 0.15) is 27.9 Å². The molecule has 21 heavy (non-hydrogen) atoms. The molecule has 2 heterocycles. The lowest BCUT2D eigenvalue weighted by atomic mass is 9.89. The summed E-state index contributed by atoms with van der Waals surface area (Å²) in [6.45, 7) is 1.60. The molecule has 4 nitrogen and oxygen atoms in total. The smallest absolute Gasteiger partial charge is 0.256 e. The zero-order chi connectivity index (χ0) is 14.4. The van der Waals surface area contributed by atoms with E-state index in [-0.39, 0.29) is 11.7 Å². The third kappa shape index (κ3) is 1.56. The summed E-state index contributed by atoms with van der Waals surface area (Å²) in [5.41, 5.74) is 2.15. The molecule has 0 aromatic heterocycles. The van der Waals surface area contributed by atoms with Crippen molar-refractivity contribution in [2.45, 2.75) is 12.1 Å². The van der Waals surface area contributed by atoms with Gasteiger partial charge in [0.2, 0.25) is 0 Å². The molecule has 2 aromatic carbocycles. The maximum absolute atomic E-state index is 12.7. The average molecular weight is 280 g/mol. The maximum Gasteiger partial charge on any atom is 0.256 e. The van der Waals surface area contributed by atoms with Crippen LogP contribution >= 0.6 is 0 Å². The molecule has 0 unspecified atom stereocenters. The van der Waals surface area contributed by atoms with Crippen LogP contribution in [0.5, 0.6) is 5.75 Å². The van der Waals surface area contributed by atoms with Crippen LogP contribution in [0, 0.1) is 0 Å². The van der Waals surface area contributed by atoms with Crippen molar-refractivity contribution in [1.29, 1.82) is 0 Å². The highest BCUT2D eigenvalue weighted by atomic mass is 16.3. The molecular weight excluding hydrogens is 264 g/mol. The first kappa shape index (κ1) is 12.4. The zero-order valence-electron chi connectivity index (χ0n) is 11.5. The van der Waals surface area contributed by atoms with Gasteiger partial charge in [0.15, 0.2) is 0 Å². The minimum absolute atomic E-state index is 0.0749. The van der Waals surface area contributed by atoms with Crippen molar-refractivity contribution in [1.82, 2.24) is 10.2 Å². The Morgan fingerprint density at radius 3 is 2.67 bits per heavy atom. The number of hydrogen-bond acceptors (Lipinski definition) is 3. The highest BCUT2D eigenvalue weighted by molar-refractivity contribution is 6.00. The predicted octanol–water partition coefficient (Wildman–Crippen LogP) is 2.04. The third-order valence-electron chi connectivity index (χ3n) is 4.42. The summed E-state index contributed by atoms with van der Waals surface area (Å²) in [5, 5.41) is 13.1. The molecule has 2 aliphatic rings. The largest absolute Gasteiger partial charge is 0.508 e. The SMILES string of the molecule is O=C1c2ccccc2[C@@]2(c3ccc(O)cc3)NCCCN12. The molecule has 0 spiro atoms. The quantitative estimate of drug-likeness (QED) is 0.840. The fourth-order valence-corrected chi connectivity index (χ4v) is 3.51. The van der Waals surface area contributed by atoms with Crippen LogP contribution in [0.4, 0.5) is 0 Å². The maximum atomic E-state index is 12.7. The summed E-state index contributed by atoms with van der Waals surface area (Å²) >= 11 is 0. The minimum atomic E-state index is -0.598. The summed E-state index contributed by atoms with van der Waals surface area (Å²) in [4.78, 5) is 14.6. The minimum Gasteiger partial charge on any atom is -0.508 e. The van der Waals surface area contributed by atoms with Gasteiger partial charge in [0, 0.05) is 17.7 Å². The molecule has 106 valence electrons. The van der Waals surface area contributed by atoms with Gasteiger partial charge >= 0.3 is 0 Å². The van der Waals surface area contributed by atoms with E-state index in [1.165, 1.54) is 0 Å². The molecule has 1 atom stereocenters. The molecule has 1 amide bonds. The number of rotatable bonds is 1. The lowest BCUT2D eigenvalue weighted by Gasteiger charge is -2.44. The number of phenolic OH excluding ortho intramolecular Hbond substituents is 1. The van der Waals surface area contributed by atoms with Gasteiger partial charge < -0.3 is 10.0 Å². The summed E-state index contributed by atoms with van der Waals surface area (Å²) in [6, 6.07) is 14.9. The van der Waals surface area contributed by atoms with Crippen molar-refractivity contribution in [3.63, 3.8) is 0 Å². The van der Waals surface area contributed by atoms with Gasteiger partial charge in [0.1, 0.15) is 11.4 Å². The van der Waals surface area contributed by atoms with Crippen LogP contribution < -0.4 is 5.32 Å². The van der Waals surface area contributed by atoms with Gasteiger partial charge in [0.25, 0.3) is 5.91 Å². The Morgan fingerprint density at radius 2 is 1.86 bits per heavy atom. The first-order valence-corrected chi connectivity index (χ1v) is 7.19. The van der Waals surface area contributed by atoms with Gasteiger partial charge in [-0.3, -0.25) is 10.1 Å². The molecule has 0 saturated carbocycles. The second-order valence-electron chi connectivity index (χ2n) is 5.54. The number of carbonyl (C=O) groups is 1. The summed E-state index contributed by atoms with van der Waals surface area (Å²) in [7, 11) is 0. The number of phenols is 1. The Bertz CT molecular complexity index is 711. The fourth-order valence-electron chi connectivity index (χ4n) is 3.51. The molecule has 2 N–H and O–H groups in total. The number of carbonyl (C=O) groups excluding carboxylic acids is 1. The monoisotopic (exact) mass is 280 g/mol. The van der Waals surface area contributed by atoms with Crippen LogP contribution in [-0.4, -0.2) is 29.0 Å². The highest BCUT2D eigenvalue weighted by Crippen LogP contribution is 2.43. The number of nitrogens with one attached hydrogen (secondary N) is 1. The van der Waals surface area contributed by atoms with E-state index in [1.807, 2.05) is 41.3 Å². The average Bonchev–Trinajstić information content (AvgIpc) is 2.80. The Morgan fingerprint density at radius 1 is 1.10 bits per heavy atom. The normalized spacial score (nSPS) is 23.8. The van der Waals surface area contributed by atoms with Crippen molar-refractivity contribution in [3.05, 3.63) is 65.2 Å². The van der Waals surface area contributed by atoms with Crippen LogP contribution in [-0.2, 0) is 5.66 Å². The van der Waals surface area contributed by atoms with E-state index in [0.29, 0.717) is 0 Å². The van der Waals surface area contributed by atoms with E-state index in [0.717, 1.165) is 36.2 Å². The van der Waals surface area contributed by atoms with Crippen LogP contribution in [0.25, 0.3) is 0 Å². The van der Waals surface area contributed by atoms with E-state index >= 15 is 0 Å². The van der Waals surface area contributed by atoms with Gasteiger partial charge in [-0.25, -0.2) is 0 Å². The van der Waals surface area contributed by atoms with E-state index in [9.17, 15) is 9.90 Å². The van der Waals surface area contributed by atoms with Crippen LogP contribution in [0.15, 0.2) is 48.5 Å². The van der Waals surface area contributed by atoms with Crippen molar-refractivity contribution < 1.29 is 9.90 Å². The predicted molar refractivity (Wildman–Crippen MR) is 79.0 cm³/mol. The van der Waals surface area contributed by atoms with Gasteiger partial charge in [-0.2, -0.15) is 0 Å². The molecule has 4 heteroatoms. The summed E-state index contributed by atoms with van der Waals surface area (Å²) in [5.74, 6) is 0.306. The summed E-state index contributed by atoms with van der Waals surface area (Å²) in [6.07, 6.45) is 0.944. The molecular formula is C17H16N2O2. The Kier molecular flexibility index (Phi) is 2.56. The van der Waals surface area contributed by atoms with Crippen molar-refractivity contribution >= 4 is 5.91 Å². The van der Waals surface area contributed by atoms with Crippen LogP contribution in [0.3, 0.4) is 0 Å². The Hall–Kier alpha value is -2.33. The van der Waals surface area contributed by atoms with Gasteiger partial charge in [-0.15, -0.1) is 0 Å². The number of hydrogen-bond donors (Lipinski definition) is 2.